The summed E-state index contributed by atoms with van der Waals surface area (Å²) >= 11 is 0. The van der Waals surface area contributed by atoms with Crippen molar-refractivity contribution < 1.29 is 4.43 Å². The fourth-order valence-corrected chi connectivity index (χ4v) is 5.38. The molecule has 1 heterocycles. The van der Waals surface area contributed by atoms with Gasteiger partial charge in [-0.3, -0.25) is 0 Å². The Kier molecular flexibility index (Phi) is 4.43. The van der Waals surface area contributed by atoms with Crippen LogP contribution < -0.4 is 4.43 Å². The Balaban J connectivity index is 2.18. The van der Waals surface area contributed by atoms with Crippen molar-refractivity contribution in [2.24, 2.45) is 7.05 Å². The van der Waals surface area contributed by atoms with Crippen LogP contribution in [0.1, 0.15) is 0 Å². The molecule has 0 atom stereocenters. The van der Waals surface area contributed by atoms with Crippen LogP contribution in [0.2, 0.25) is 19.6 Å². The molecule has 0 unspecified atom stereocenters. The fourth-order valence-electron chi connectivity index (χ4n) is 2.59. The first-order chi connectivity index (χ1) is 11.0. The summed E-state index contributed by atoms with van der Waals surface area (Å²) in [6, 6.07) is 21.1. The number of benzene rings is 2. The minimum Gasteiger partial charge on any atom is -0.540 e. The quantitative estimate of drug-likeness (QED) is 0.520. The molecule has 4 heteroatoms. The molecule has 1 aromatic heterocycles. The van der Waals surface area contributed by atoms with Gasteiger partial charge in [-0.2, -0.15) is 0 Å². The van der Waals surface area contributed by atoms with Crippen LogP contribution in [-0.2, 0) is 7.05 Å². The molecular formula is C19H22NOPSi. The van der Waals surface area contributed by atoms with E-state index in [0.29, 0.717) is 0 Å². The van der Waals surface area contributed by atoms with Gasteiger partial charge in [0.15, 0.2) is 5.48 Å². The van der Waals surface area contributed by atoms with Crippen molar-refractivity contribution in [2.45, 2.75) is 19.6 Å². The summed E-state index contributed by atoms with van der Waals surface area (Å²) in [6.07, 6.45) is 0. The molecule has 0 saturated heterocycles. The summed E-state index contributed by atoms with van der Waals surface area (Å²) in [4.78, 5) is 0. The van der Waals surface area contributed by atoms with Gasteiger partial charge < -0.3 is 8.99 Å². The Morgan fingerprint density at radius 2 is 1.35 bits per heavy atom. The third kappa shape index (κ3) is 3.57. The van der Waals surface area contributed by atoms with Crippen molar-refractivity contribution in [3.63, 3.8) is 0 Å². The number of nitrogens with zero attached hydrogens (tertiary/aromatic N) is 1. The summed E-state index contributed by atoms with van der Waals surface area (Å²) in [5, 5.41) is 0. The van der Waals surface area contributed by atoms with E-state index in [1.54, 1.807) is 0 Å². The van der Waals surface area contributed by atoms with Crippen molar-refractivity contribution in [3.05, 3.63) is 60.7 Å². The van der Waals surface area contributed by atoms with Crippen LogP contribution in [0.3, 0.4) is 0 Å². The molecule has 0 spiro atoms. The highest BCUT2D eigenvalue weighted by atomic mass is 31.0. The summed E-state index contributed by atoms with van der Waals surface area (Å²) < 4.78 is 8.71. The maximum absolute atomic E-state index is 6.43. The van der Waals surface area contributed by atoms with E-state index >= 15 is 0 Å². The highest BCUT2D eigenvalue weighted by Crippen LogP contribution is 2.46. The average molecular weight is 339 g/mol. The van der Waals surface area contributed by atoms with E-state index in [2.05, 4.69) is 91.9 Å². The Morgan fingerprint density at radius 3 is 1.87 bits per heavy atom. The van der Waals surface area contributed by atoms with E-state index in [4.69, 9.17) is 4.43 Å². The van der Waals surface area contributed by atoms with Gasteiger partial charge in [0.25, 0.3) is 0 Å². The summed E-state index contributed by atoms with van der Waals surface area (Å²) in [6.45, 7) is 6.70. The zero-order valence-corrected chi connectivity index (χ0v) is 16.0. The summed E-state index contributed by atoms with van der Waals surface area (Å²) in [5.41, 5.74) is 6.00. The first-order valence-electron chi connectivity index (χ1n) is 7.82. The highest BCUT2D eigenvalue weighted by molar-refractivity contribution is 7.36. The number of hydrogen-bond donors (Lipinski definition) is 0. The Morgan fingerprint density at radius 1 is 0.826 bits per heavy atom. The van der Waals surface area contributed by atoms with E-state index < -0.39 is 8.32 Å². The second kappa shape index (κ2) is 6.35. The highest BCUT2D eigenvalue weighted by Gasteiger charge is 2.23. The van der Waals surface area contributed by atoms with Gasteiger partial charge in [0, 0.05) is 18.2 Å². The molecule has 2 aromatic carbocycles. The second-order valence-electron chi connectivity index (χ2n) is 6.59. The minimum atomic E-state index is -1.66. The molecule has 23 heavy (non-hydrogen) atoms. The number of hydrogen-bond acceptors (Lipinski definition) is 1. The summed E-state index contributed by atoms with van der Waals surface area (Å²) in [5.74, 6) is 0. The van der Waals surface area contributed by atoms with Crippen molar-refractivity contribution in [2.75, 3.05) is 0 Å². The van der Waals surface area contributed by atoms with Crippen LogP contribution in [0.4, 0.5) is 0 Å². The maximum Gasteiger partial charge on any atom is 0.242 e. The fraction of sp³-hybridized carbons (Fsp3) is 0.211. The van der Waals surface area contributed by atoms with Crippen LogP contribution >= 0.6 is 8.19 Å². The molecule has 3 aromatic rings. The molecule has 118 valence electrons. The van der Waals surface area contributed by atoms with Crippen molar-refractivity contribution in [3.8, 4) is 27.7 Å². The van der Waals surface area contributed by atoms with E-state index in [1.807, 2.05) is 0 Å². The molecule has 0 saturated carbocycles. The lowest BCUT2D eigenvalue weighted by Crippen LogP contribution is -2.29. The largest absolute Gasteiger partial charge is 0.540 e. The molecule has 0 amide bonds. The first kappa shape index (κ1) is 16.0. The maximum atomic E-state index is 6.43. The van der Waals surface area contributed by atoms with Crippen LogP contribution in [0, 0.1) is 0 Å². The van der Waals surface area contributed by atoms with E-state index in [9.17, 15) is 0 Å². The zero-order valence-electron chi connectivity index (χ0n) is 14.1. The van der Waals surface area contributed by atoms with Gasteiger partial charge in [-0.05, 0) is 27.8 Å². The smallest absolute Gasteiger partial charge is 0.242 e. The molecule has 0 N–H and O–H groups in total. The normalized spacial score (nSPS) is 11.8. The van der Waals surface area contributed by atoms with E-state index in [0.717, 1.165) is 13.7 Å². The molecule has 2 nitrogen and oxygen atoms in total. The third-order valence-corrected chi connectivity index (χ3v) is 5.81. The monoisotopic (exact) mass is 339 g/mol. The molecular weight excluding hydrogens is 317 g/mol. The van der Waals surface area contributed by atoms with Crippen molar-refractivity contribution in [1.82, 2.24) is 4.57 Å². The SMILES string of the molecule is Cn1c(-c2ccccc2)pc(O[Si](C)(C)C)c1-c1ccccc1. The zero-order chi connectivity index (χ0) is 16.4. The standard InChI is InChI=1S/C19H22NOPSi/c1-20-17(15-11-7-5-8-12-15)19(21-23(2,3)4)22-18(20)16-13-9-6-10-14-16/h5-14H,1-4H3. The van der Waals surface area contributed by atoms with Gasteiger partial charge in [0.2, 0.25) is 8.32 Å². The van der Waals surface area contributed by atoms with Gasteiger partial charge in [-0.1, -0.05) is 60.7 Å². The van der Waals surface area contributed by atoms with Crippen LogP contribution in [0.15, 0.2) is 60.7 Å². The lowest BCUT2D eigenvalue weighted by molar-refractivity contribution is 0.572. The third-order valence-electron chi connectivity index (χ3n) is 3.55. The van der Waals surface area contributed by atoms with Crippen molar-refractivity contribution >= 4 is 16.5 Å². The molecule has 0 fully saturated rings. The van der Waals surface area contributed by atoms with Crippen LogP contribution in [-0.4, -0.2) is 12.9 Å². The van der Waals surface area contributed by atoms with E-state index in [-0.39, 0.29) is 0 Å². The van der Waals surface area contributed by atoms with Gasteiger partial charge >= 0.3 is 0 Å². The Labute approximate surface area is 141 Å². The Bertz CT molecular complexity index is 791. The Hall–Kier alpha value is -1.83. The average Bonchev–Trinajstić information content (AvgIpc) is 2.83. The van der Waals surface area contributed by atoms with Gasteiger partial charge in [-0.15, -0.1) is 0 Å². The predicted molar refractivity (Wildman–Crippen MR) is 103 cm³/mol. The molecule has 0 bridgehead atoms. The van der Waals surface area contributed by atoms with Gasteiger partial charge in [0.1, 0.15) is 0 Å². The van der Waals surface area contributed by atoms with Crippen molar-refractivity contribution in [1.29, 1.82) is 0 Å². The second-order valence-corrected chi connectivity index (χ2v) is 12.1. The molecule has 0 aliphatic heterocycles. The van der Waals surface area contributed by atoms with Crippen LogP contribution in [0.25, 0.3) is 22.2 Å². The first-order valence-corrected chi connectivity index (χ1v) is 12.1. The molecule has 3 rings (SSSR count). The van der Waals surface area contributed by atoms with Gasteiger partial charge in [-0.25, -0.2) is 0 Å². The lowest BCUT2D eigenvalue weighted by Gasteiger charge is -2.19. The number of aromatic nitrogens is 1. The summed E-state index contributed by atoms with van der Waals surface area (Å²) in [7, 11) is 1.62. The van der Waals surface area contributed by atoms with Crippen LogP contribution in [0.5, 0.6) is 5.48 Å². The lowest BCUT2D eigenvalue weighted by atomic mass is 10.1. The van der Waals surface area contributed by atoms with E-state index in [1.165, 1.54) is 22.2 Å². The molecule has 0 aliphatic rings. The molecule has 0 aliphatic carbocycles. The minimum absolute atomic E-state index is 1.08. The topological polar surface area (TPSA) is 14.2 Å². The predicted octanol–water partition coefficient (Wildman–Crippen LogP) is 6.15. The number of rotatable bonds is 4. The van der Waals surface area contributed by atoms with Gasteiger partial charge in [0.05, 0.1) is 11.1 Å². The molecule has 0 radical (unpaired) electrons.